The number of carbonyl (C=O) groups excluding carboxylic acids is 2. The Morgan fingerprint density at radius 2 is 1.59 bits per heavy atom. The largest absolute Gasteiger partial charge is 0.481 e. The average molecular weight is 469 g/mol. The van der Waals surface area contributed by atoms with Crippen LogP contribution >= 0.6 is 0 Å². The molecule has 8 heteroatoms. The van der Waals surface area contributed by atoms with Gasteiger partial charge in [0.25, 0.3) is 0 Å². The standard InChI is InChI=1S/C26H32N2O6/c1-17(2)33-14-8-7-13-27-25(31)23(15-24(29)30)28-26(32)34-16-22-20-11-5-3-9-18(20)19-10-4-6-12-21(19)22/h3-6,9-12,17,22-23H,7-8,13-16H2,1-2H3,(H,27,31)(H,28,32)(H,29,30). The number of unbranched alkanes of at least 4 members (excludes halogenated alkanes) is 1. The van der Waals surface area contributed by atoms with E-state index in [1.807, 2.05) is 62.4 Å². The molecule has 2 amide bonds. The number of rotatable bonds is 12. The van der Waals surface area contributed by atoms with Gasteiger partial charge in [-0.15, -0.1) is 0 Å². The third kappa shape index (κ3) is 6.81. The van der Waals surface area contributed by atoms with Crippen molar-refractivity contribution in [1.29, 1.82) is 0 Å². The van der Waals surface area contributed by atoms with Gasteiger partial charge < -0.3 is 25.2 Å². The molecule has 2 aromatic rings. The number of alkyl carbamates (subject to hydrolysis) is 1. The Labute approximate surface area is 199 Å². The zero-order chi connectivity index (χ0) is 24.5. The molecular formula is C26H32N2O6. The fourth-order valence-electron chi connectivity index (χ4n) is 4.05. The Hall–Kier alpha value is -3.39. The lowest BCUT2D eigenvalue weighted by Crippen LogP contribution is -2.48. The van der Waals surface area contributed by atoms with Gasteiger partial charge in [-0.25, -0.2) is 4.79 Å². The van der Waals surface area contributed by atoms with E-state index in [1.54, 1.807) is 0 Å². The van der Waals surface area contributed by atoms with Crippen molar-refractivity contribution in [3.8, 4) is 11.1 Å². The molecule has 182 valence electrons. The second-order valence-corrected chi connectivity index (χ2v) is 8.54. The van der Waals surface area contributed by atoms with Gasteiger partial charge in [-0.3, -0.25) is 9.59 Å². The molecule has 0 fully saturated rings. The first kappa shape index (κ1) is 25.2. The van der Waals surface area contributed by atoms with Crippen LogP contribution in [0.4, 0.5) is 4.79 Å². The maximum Gasteiger partial charge on any atom is 0.407 e. The lowest BCUT2D eigenvalue weighted by molar-refractivity contribution is -0.139. The monoisotopic (exact) mass is 468 g/mol. The van der Waals surface area contributed by atoms with E-state index >= 15 is 0 Å². The van der Waals surface area contributed by atoms with Gasteiger partial charge in [-0.2, -0.15) is 0 Å². The van der Waals surface area contributed by atoms with Crippen LogP contribution in [0.1, 0.15) is 50.2 Å². The van der Waals surface area contributed by atoms with Crippen molar-refractivity contribution in [1.82, 2.24) is 10.6 Å². The van der Waals surface area contributed by atoms with Crippen molar-refractivity contribution >= 4 is 18.0 Å². The minimum Gasteiger partial charge on any atom is -0.481 e. The summed E-state index contributed by atoms with van der Waals surface area (Å²) < 4.78 is 10.9. The molecule has 34 heavy (non-hydrogen) atoms. The SMILES string of the molecule is CC(C)OCCCCNC(=O)C(CC(=O)O)NC(=O)OCC1c2ccccc2-c2ccccc21. The second-order valence-electron chi connectivity index (χ2n) is 8.54. The molecule has 0 aliphatic heterocycles. The number of hydrogen-bond acceptors (Lipinski definition) is 5. The van der Waals surface area contributed by atoms with E-state index < -0.39 is 30.4 Å². The maximum atomic E-state index is 12.5. The van der Waals surface area contributed by atoms with E-state index in [-0.39, 0.29) is 18.6 Å². The number of ether oxygens (including phenoxy) is 2. The molecule has 3 N–H and O–H groups in total. The van der Waals surface area contributed by atoms with E-state index in [0.29, 0.717) is 19.6 Å². The summed E-state index contributed by atoms with van der Waals surface area (Å²) in [5, 5.41) is 14.3. The van der Waals surface area contributed by atoms with Gasteiger partial charge >= 0.3 is 12.1 Å². The van der Waals surface area contributed by atoms with Gasteiger partial charge in [0.05, 0.1) is 12.5 Å². The van der Waals surface area contributed by atoms with E-state index in [0.717, 1.165) is 28.7 Å². The molecule has 0 saturated carbocycles. The van der Waals surface area contributed by atoms with E-state index in [4.69, 9.17) is 9.47 Å². The number of benzene rings is 2. The molecule has 0 aromatic heterocycles. The topological polar surface area (TPSA) is 114 Å². The molecular weight excluding hydrogens is 436 g/mol. The van der Waals surface area contributed by atoms with Crippen LogP contribution in [0.15, 0.2) is 48.5 Å². The number of amides is 2. The van der Waals surface area contributed by atoms with Crippen LogP contribution in [0.25, 0.3) is 11.1 Å². The maximum absolute atomic E-state index is 12.5. The van der Waals surface area contributed by atoms with Crippen molar-refractivity contribution in [3.05, 3.63) is 59.7 Å². The Kier molecular flexibility index (Phi) is 9.04. The smallest absolute Gasteiger partial charge is 0.407 e. The van der Waals surface area contributed by atoms with Crippen molar-refractivity contribution in [3.63, 3.8) is 0 Å². The second kappa shape index (κ2) is 12.2. The van der Waals surface area contributed by atoms with Gasteiger partial charge in [0, 0.05) is 19.1 Å². The summed E-state index contributed by atoms with van der Waals surface area (Å²) in [6.07, 6.45) is 0.238. The molecule has 1 unspecified atom stereocenters. The lowest BCUT2D eigenvalue weighted by Gasteiger charge is -2.18. The van der Waals surface area contributed by atoms with Crippen molar-refractivity contribution in [2.24, 2.45) is 0 Å². The third-order valence-electron chi connectivity index (χ3n) is 5.65. The highest BCUT2D eigenvalue weighted by Gasteiger charge is 2.30. The quantitative estimate of drug-likeness (QED) is 0.410. The number of carboxylic acid groups (broad SMARTS) is 1. The summed E-state index contributed by atoms with van der Waals surface area (Å²) in [7, 11) is 0. The molecule has 2 aromatic carbocycles. The van der Waals surface area contributed by atoms with E-state index in [2.05, 4.69) is 10.6 Å². The van der Waals surface area contributed by atoms with Crippen LogP contribution in [-0.2, 0) is 19.1 Å². The number of hydrogen-bond donors (Lipinski definition) is 3. The highest BCUT2D eigenvalue weighted by atomic mass is 16.5. The summed E-state index contributed by atoms with van der Waals surface area (Å²) in [6, 6.07) is 14.7. The van der Waals surface area contributed by atoms with Crippen molar-refractivity contribution in [2.75, 3.05) is 19.8 Å². The number of fused-ring (bicyclic) bond motifs is 3. The summed E-state index contributed by atoms with van der Waals surface area (Å²) in [5.74, 6) is -1.87. The van der Waals surface area contributed by atoms with E-state index in [9.17, 15) is 19.5 Å². The predicted molar refractivity (Wildman–Crippen MR) is 128 cm³/mol. The van der Waals surface area contributed by atoms with E-state index in [1.165, 1.54) is 0 Å². The van der Waals surface area contributed by atoms with Gasteiger partial charge in [0.1, 0.15) is 12.6 Å². The molecule has 0 spiro atoms. The molecule has 3 rings (SSSR count). The Balaban J connectivity index is 1.53. The Morgan fingerprint density at radius 1 is 0.971 bits per heavy atom. The predicted octanol–water partition coefficient (Wildman–Crippen LogP) is 3.69. The first-order chi connectivity index (χ1) is 16.4. The molecule has 1 aliphatic rings. The molecule has 8 nitrogen and oxygen atoms in total. The zero-order valence-corrected chi connectivity index (χ0v) is 19.6. The third-order valence-corrected chi connectivity index (χ3v) is 5.65. The Morgan fingerprint density at radius 3 is 2.18 bits per heavy atom. The van der Waals surface area contributed by atoms with Crippen LogP contribution in [0, 0.1) is 0 Å². The van der Waals surface area contributed by atoms with Crippen LogP contribution in [0.2, 0.25) is 0 Å². The molecule has 0 heterocycles. The van der Waals surface area contributed by atoms with Gasteiger partial charge in [-0.1, -0.05) is 48.5 Å². The summed E-state index contributed by atoms with van der Waals surface area (Å²) in [4.78, 5) is 36.2. The van der Waals surface area contributed by atoms with Gasteiger partial charge in [0.15, 0.2) is 0 Å². The van der Waals surface area contributed by atoms with Crippen molar-refractivity contribution < 1.29 is 29.0 Å². The minimum atomic E-state index is -1.22. The number of carboxylic acids is 1. The first-order valence-electron chi connectivity index (χ1n) is 11.6. The fourth-order valence-corrected chi connectivity index (χ4v) is 4.05. The summed E-state index contributed by atoms with van der Waals surface area (Å²) in [6.45, 7) is 4.94. The normalized spacial score (nSPS) is 13.1. The molecule has 1 aliphatic carbocycles. The van der Waals surface area contributed by atoms with Crippen LogP contribution in [0.5, 0.6) is 0 Å². The number of carbonyl (C=O) groups is 3. The molecule has 1 atom stereocenters. The zero-order valence-electron chi connectivity index (χ0n) is 19.6. The summed E-state index contributed by atoms with van der Waals surface area (Å²) in [5.41, 5.74) is 4.35. The lowest BCUT2D eigenvalue weighted by atomic mass is 9.98. The summed E-state index contributed by atoms with van der Waals surface area (Å²) >= 11 is 0. The first-order valence-corrected chi connectivity index (χ1v) is 11.6. The molecule has 0 bridgehead atoms. The number of aliphatic carboxylic acids is 1. The highest BCUT2D eigenvalue weighted by Crippen LogP contribution is 2.44. The minimum absolute atomic E-state index is 0.0805. The molecule has 0 radical (unpaired) electrons. The van der Waals surface area contributed by atoms with Crippen molar-refractivity contribution in [2.45, 2.75) is 51.2 Å². The number of nitrogens with one attached hydrogen (secondary N) is 2. The highest BCUT2D eigenvalue weighted by molar-refractivity contribution is 5.89. The van der Waals surface area contributed by atoms with Crippen LogP contribution in [0.3, 0.4) is 0 Å². The average Bonchev–Trinajstić information content (AvgIpc) is 3.12. The van der Waals surface area contributed by atoms with Gasteiger partial charge in [-0.05, 0) is 48.9 Å². The van der Waals surface area contributed by atoms with Gasteiger partial charge in [0.2, 0.25) is 5.91 Å². The van der Waals surface area contributed by atoms with Crippen LogP contribution in [-0.4, -0.2) is 55.0 Å². The molecule has 0 saturated heterocycles. The van der Waals surface area contributed by atoms with Crippen LogP contribution < -0.4 is 10.6 Å². The fraction of sp³-hybridized carbons (Fsp3) is 0.423. The Bertz CT molecular complexity index is 961.